The molecule has 1 unspecified atom stereocenters. The summed E-state index contributed by atoms with van der Waals surface area (Å²) in [7, 11) is 0. The van der Waals surface area contributed by atoms with Crippen LogP contribution in [0.5, 0.6) is 5.75 Å². The molecular weight excluding hydrogens is 352 g/mol. The number of ether oxygens (including phenoxy) is 1. The van der Waals surface area contributed by atoms with E-state index in [-0.39, 0.29) is 24.4 Å². The van der Waals surface area contributed by atoms with Gasteiger partial charge in [0.25, 0.3) is 0 Å². The summed E-state index contributed by atoms with van der Waals surface area (Å²) in [4.78, 5) is 11.1. The molecule has 2 aromatic carbocycles. The molecule has 5 nitrogen and oxygen atoms in total. The van der Waals surface area contributed by atoms with Crippen LogP contribution in [0.25, 0.3) is 10.9 Å². The average Bonchev–Trinajstić information content (AvgIpc) is 3.13. The molecule has 5 heteroatoms. The van der Waals surface area contributed by atoms with Gasteiger partial charge in [0, 0.05) is 5.39 Å². The molecule has 0 aliphatic carbocycles. The lowest BCUT2D eigenvalue weighted by Gasteiger charge is -2.23. The minimum atomic E-state index is -0.859. The number of carboxylic acid groups (broad SMARTS) is 1. The SMILES string of the molecule is CC#CC(CC(=O)O)c1ccc(O[C@H](c2ccc3[nH]ncc3c2)C(C)C)cc1. The Balaban J connectivity index is 1.81. The number of hydrogen-bond donors (Lipinski definition) is 2. The number of nitrogens with zero attached hydrogens (tertiary/aromatic N) is 1. The average molecular weight is 376 g/mol. The summed E-state index contributed by atoms with van der Waals surface area (Å²) in [6.45, 7) is 5.97. The second kappa shape index (κ2) is 8.62. The molecule has 28 heavy (non-hydrogen) atoms. The first-order valence-electron chi connectivity index (χ1n) is 9.31. The van der Waals surface area contributed by atoms with Gasteiger partial charge in [-0.15, -0.1) is 5.92 Å². The van der Waals surface area contributed by atoms with E-state index in [0.29, 0.717) is 0 Å². The lowest BCUT2D eigenvalue weighted by atomic mass is 9.96. The van der Waals surface area contributed by atoms with Gasteiger partial charge in [0.15, 0.2) is 0 Å². The Morgan fingerprint density at radius 1 is 1.18 bits per heavy atom. The third-order valence-corrected chi connectivity index (χ3v) is 4.64. The summed E-state index contributed by atoms with van der Waals surface area (Å²) in [5.41, 5.74) is 2.97. The standard InChI is InChI=1S/C23H24N2O3/c1-4-5-17(13-22(26)27)16-6-9-20(10-7-16)28-23(15(2)3)18-8-11-21-19(12-18)14-24-25-21/h6-12,14-15,17,23H,13H2,1-3H3,(H,24,25)(H,26,27)/t17?,23-/m0/s1. The molecule has 0 radical (unpaired) electrons. The van der Waals surface area contributed by atoms with Gasteiger partial charge in [0.2, 0.25) is 0 Å². The highest BCUT2D eigenvalue weighted by atomic mass is 16.5. The van der Waals surface area contributed by atoms with E-state index in [1.807, 2.05) is 36.5 Å². The number of carbonyl (C=O) groups is 1. The summed E-state index contributed by atoms with van der Waals surface area (Å²) in [5, 5.41) is 17.2. The molecule has 0 saturated carbocycles. The van der Waals surface area contributed by atoms with Gasteiger partial charge in [-0.25, -0.2) is 0 Å². The van der Waals surface area contributed by atoms with Crippen molar-refractivity contribution in [1.82, 2.24) is 10.2 Å². The van der Waals surface area contributed by atoms with Crippen LogP contribution < -0.4 is 4.74 Å². The van der Waals surface area contributed by atoms with Crippen molar-refractivity contribution in [2.75, 3.05) is 0 Å². The van der Waals surface area contributed by atoms with Gasteiger partial charge in [-0.3, -0.25) is 9.89 Å². The normalized spacial score (nSPS) is 13.0. The molecule has 0 spiro atoms. The predicted molar refractivity (Wildman–Crippen MR) is 109 cm³/mol. The fraction of sp³-hybridized carbons (Fsp3) is 0.304. The van der Waals surface area contributed by atoms with E-state index < -0.39 is 5.97 Å². The largest absolute Gasteiger partial charge is 0.485 e. The Labute approximate surface area is 164 Å². The second-order valence-electron chi connectivity index (χ2n) is 7.11. The molecule has 2 atom stereocenters. The maximum absolute atomic E-state index is 11.1. The number of nitrogens with one attached hydrogen (secondary N) is 1. The second-order valence-corrected chi connectivity index (χ2v) is 7.11. The Morgan fingerprint density at radius 3 is 2.54 bits per heavy atom. The number of aromatic amines is 1. The zero-order valence-electron chi connectivity index (χ0n) is 16.3. The maximum atomic E-state index is 11.1. The van der Waals surface area contributed by atoms with Crippen molar-refractivity contribution < 1.29 is 14.6 Å². The summed E-state index contributed by atoms with van der Waals surface area (Å²) in [5.74, 6) is 5.62. The van der Waals surface area contributed by atoms with E-state index >= 15 is 0 Å². The van der Waals surface area contributed by atoms with Gasteiger partial charge >= 0.3 is 5.97 Å². The predicted octanol–water partition coefficient (Wildman–Crippen LogP) is 4.92. The van der Waals surface area contributed by atoms with E-state index in [4.69, 9.17) is 9.84 Å². The topological polar surface area (TPSA) is 75.2 Å². The van der Waals surface area contributed by atoms with Crippen LogP contribution in [0.4, 0.5) is 0 Å². The van der Waals surface area contributed by atoms with Gasteiger partial charge in [0.05, 0.1) is 24.1 Å². The molecule has 3 rings (SSSR count). The molecule has 1 aromatic heterocycles. The van der Waals surface area contributed by atoms with Crippen molar-refractivity contribution in [1.29, 1.82) is 0 Å². The monoisotopic (exact) mass is 376 g/mol. The molecule has 0 aliphatic rings. The van der Waals surface area contributed by atoms with Crippen molar-refractivity contribution in [2.24, 2.45) is 5.92 Å². The highest BCUT2D eigenvalue weighted by Gasteiger charge is 2.19. The number of benzene rings is 2. The molecule has 3 aromatic rings. The van der Waals surface area contributed by atoms with Crippen LogP contribution in [-0.2, 0) is 4.79 Å². The van der Waals surface area contributed by atoms with Crippen molar-refractivity contribution in [3.63, 3.8) is 0 Å². The van der Waals surface area contributed by atoms with Crippen LogP contribution in [0.2, 0.25) is 0 Å². The highest BCUT2D eigenvalue weighted by molar-refractivity contribution is 5.78. The molecule has 0 aliphatic heterocycles. The summed E-state index contributed by atoms with van der Waals surface area (Å²) >= 11 is 0. The fourth-order valence-corrected chi connectivity index (χ4v) is 3.25. The number of carboxylic acids is 1. The Morgan fingerprint density at radius 2 is 1.89 bits per heavy atom. The van der Waals surface area contributed by atoms with E-state index in [1.54, 1.807) is 6.92 Å². The van der Waals surface area contributed by atoms with E-state index in [2.05, 4.69) is 48.0 Å². The molecule has 1 heterocycles. The van der Waals surface area contributed by atoms with Crippen molar-refractivity contribution >= 4 is 16.9 Å². The van der Waals surface area contributed by atoms with Gasteiger partial charge < -0.3 is 9.84 Å². The first-order chi connectivity index (χ1) is 13.5. The van der Waals surface area contributed by atoms with E-state index in [0.717, 1.165) is 27.8 Å². The Bertz CT molecular complexity index is 1010. The molecule has 144 valence electrons. The Hall–Kier alpha value is -3.26. The number of rotatable bonds is 7. The van der Waals surface area contributed by atoms with Crippen LogP contribution in [0.1, 0.15) is 50.3 Å². The number of H-pyrrole nitrogens is 1. The summed E-state index contributed by atoms with van der Waals surface area (Å²) < 4.78 is 6.28. The van der Waals surface area contributed by atoms with E-state index in [1.165, 1.54) is 0 Å². The van der Waals surface area contributed by atoms with Crippen LogP contribution in [0, 0.1) is 17.8 Å². The molecule has 2 N–H and O–H groups in total. The first-order valence-corrected chi connectivity index (χ1v) is 9.31. The van der Waals surface area contributed by atoms with Gasteiger partial charge in [-0.2, -0.15) is 5.10 Å². The summed E-state index contributed by atoms with van der Waals surface area (Å²) in [6, 6.07) is 13.7. The first kappa shape index (κ1) is 19.5. The minimum absolute atomic E-state index is 0.0135. The van der Waals surface area contributed by atoms with Crippen molar-refractivity contribution in [3.8, 4) is 17.6 Å². The molecular formula is C23H24N2O3. The number of hydrogen-bond acceptors (Lipinski definition) is 3. The molecule has 0 bridgehead atoms. The van der Waals surface area contributed by atoms with Crippen molar-refractivity contribution in [2.45, 2.75) is 39.2 Å². The molecule has 0 fully saturated rings. The molecule has 0 saturated heterocycles. The minimum Gasteiger partial charge on any atom is -0.485 e. The number of aliphatic carboxylic acids is 1. The summed E-state index contributed by atoms with van der Waals surface area (Å²) in [6.07, 6.45) is 1.69. The Kier molecular flexibility index (Phi) is 6.00. The smallest absolute Gasteiger partial charge is 0.304 e. The lowest BCUT2D eigenvalue weighted by molar-refractivity contribution is -0.137. The maximum Gasteiger partial charge on any atom is 0.304 e. The van der Waals surface area contributed by atoms with Gasteiger partial charge in [-0.05, 0) is 48.2 Å². The van der Waals surface area contributed by atoms with Crippen LogP contribution in [-0.4, -0.2) is 21.3 Å². The van der Waals surface area contributed by atoms with Crippen LogP contribution in [0.15, 0.2) is 48.7 Å². The van der Waals surface area contributed by atoms with E-state index in [9.17, 15) is 4.79 Å². The number of fused-ring (bicyclic) bond motifs is 1. The number of aromatic nitrogens is 2. The van der Waals surface area contributed by atoms with Crippen LogP contribution in [0.3, 0.4) is 0 Å². The third-order valence-electron chi connectivity index (χ3n) is 4.64. The quantitative estimate of drug-likeness (QED) is 0.574. The lowest BCUT2D eigenvalue weighted by Crippen LogP contribution is -2.14. The van der Waals surface area contributed by atoms with Gasteiger partial charge in [0.1, 0.15) is 11.9 Å². The zero-order chi connectivity index (χ0) is 20.1. The van der Waals surface area contributed by atoms with Gasteiger partial charge in [-0.1, -0.05) is 38.0 Å². The van der Waals surface area contributed by atoms with Crippen molar-refractivity contribution in [3.05, 3.63) is 59.8 Å². The molecule has 0 amide bonds. The fourth-order valence-electron chi connectivity index (χ4n) is 3.25. The third kappa shape index (κ3) is 4.52. The van der Waals surface area contributed by atoms with Crippen LogP contribution >= 0.6 is 0 Å². The zero-order valence-corrected chi connectivity index (χ0v) is 16.3. The highest BCUT2D eigenvalue weighted by Crippen LogP contribution is 2.31.